The predicted molar refractivity (Wildman–Crippen MR) is 102 cm³/mol. The van der Waals surface area contributed by atoms with Gasteiger partial charge in [0.15, 0.2) is 12.6 Å². The summed E-state index contributed by atoms with van der Waals surface area (Å²) in [6.07, 6.45) is 1.95. The Morgan fingerprint density at radius 3 is 2.08 bits per heavy atom. The molecule has 0 aromatic carbocycles. The maximum atomic E-state index is 10.4. The third-order valence-electron chi connectivity index (χ3n) is 6.47. The Labute approximate surface area is 159 Å². The first kappa shape index (κ1) is 21.8. The van der Waals surface area contributed by atoms with Crippen LogP contribution in [0, 0.1) is 23.7 Å². The van der Waals surface area contributed by atoms with Crippen LogP contribution in [0.25, 0.3) is 0 Å². The quantitative estimate of drug-likeness (QED) is 0.692. The lowest BCUT2D eigenvalue weighted by molar-refractivity contribution is -0.339. The van der Waals surface area contributed by atoms with Gasteiger partial charge < -0.3 is 24.1 Å². The molecule has 2 aliphatic heterocycles. The molecule has 5 nitrogen and oxygen atoms in total. The van der Waals surface area contributed by atoms with E-state index in [1.165, 1.54) is 0 Å². The van der Waals surface area contributed by atoms with Crippen molar-refractivity contribution in [1.82, 2.24) is 0 Å². The van der Waals surface area contributed by atoms with E-state index in [1.807, 2.05) is 6.92 Å². The van der Waals surface area contributed by atoms with E-state index in [2.05, 4.69) is 41.2 Å². The first-order valence-electron chi connectivity index (χ1n) is 10.2. The van der Waals surface area contributed by atoms with Gasteiger partial charge in [-0.3, -0.25) is 0 Å². The molecule has 2 rings (SSSR count). The van der Waals surface area contributed by atoms with E-state index in [0.29, 0.717) is 12.5 Å². The highest BCUT2D eigenvalue weighted by Crippen LogP contribution is 2.39. The van der Waals surface area contributed by atoms with Gasteiger partial charge in [0.1, 0.15) is 6.10 Å². The number of hydrogen-bond donors (Lipinski definition) is 1. The summed E-state index contributed by atoms with van der Waals surface area (Å²) in [5, 5.41) is 10.4. The van der Waals surface area contributed by atoms with Crippen LogP contribution in [0.3, 0.4) is 0 Å². The van der Waals surface area contributed by atoms with E-state index in [0.717, 1.165) is 12.8 Å². The Morgan fingerprint density at radius 2 is 1.50 bits per heavy atom. The van der Waals surface area contributed by atoms with Crippen LogP contribution in [-0.4, -0.2) is 48.7 Å². The Bertz CT molecular complexity index is 440. The zero-order chi connectivity index (χ0) is 19.4. The first-order chi connectivity index (χ1) is 12.3. The number of ether oxygens (including phenoxy) is 4. The molecular weight excluding hydrogens is 332 g/mol. The zero-order valence-electron chi connectivity index (χ0n) is 17.3. The number of aliphatic hydroxyl groups excluding tert-OH is 1. The van der Waals surface area contributed by atoms with Gasteiger partial charge in [0, 0.05) is 5.92 Å². The molecule has 1 N–H and O–H groups in total. The van der Waals surface area contributed by atoms with Gasteiger partial charge in [-0.2, -0.15) is 0 Å². The van der Waals surface area contributed by atoms with Crippen LogP contribution in [-0.2, 0) is 18.9 Å². The topological polar surface area (TPSA) is 57.2 Å². The normalized spacial score (nSPS) is 46.9. The molecule has 0 bridgehead atoms. The van der Waals surface area contributed by atoms with Gasteiger partial charge in [0.25, 0.3) is 0 Å². The van der Waals surface area contributed by atoms with Crippen molar-refractivity contribution in [2.24, 2.45) is 23.7 Å². The average molecular weight is 371 g/mol. The van der Waals surface area contributed by atoms with E-state index in [4.69, 9.17) is 18.9 Å². The molecule has 0 aliphatic carbocycles. The second-order valence-electron chi connectivity index (χ2n) is 8.05. The van der Waals surface area contributed by atoms with E-state index >= 15 is 0 Å². The van der Waals surface area contributed by atoms with E-state index < -0.39 is 12.4 Å². The summed E-state index contributed by atoms with van der Waals surface area (Å²) in [7, 11) is 0. The molecule has 0 saturated carbocycles. The van der Waals surface area contributed by atoms with Crippen molar-refractivity contribution < 1.29 is 24.1 Å². The lowest BCUT2D eigenvalue weighted by atomic mass is 9.81. The molecule has 10 atom stereocenters. The van der Waals surface area contributed by atoms with Crippen molar-refractivity contribution in [2.75, 3.05) is 6.61 Å². The molecular formula is C21H38O5. The van der Waals surface area contributed by atoms with Crippen LogP contribution < -0.4 is 0 Å². The van der Waals surface area contributed by atoms with Crippen LogP contribution in [0.1, 0.15) is 54.4 Å². The Kier molecular flexibility index (Phi) is 8.10. The fourth-order valence-corrected chi connectivity index (χ4v) is 4.14. The summed E-state index contributed by atoms with van der Waals surface area (Å²) in [4.78, 5) is 0. The molecule has 2 aliphatic rings. The first-order valence-corrected chi connectivity index (χ1v) is 10.2. The summed E-state index contributed by atoms with van der Waals surface area (Å²) in [6.45, 7) is 16.9. The average Bonchev–Trinajstić information content (AvgIpc) is 2.64. The molecule has 0 aromatic heterocycles. The fourth-order valence-electron chi connectivity index (χ4n) is 4.14. The van der Waals surface area contributed by atoms with Gasteiger partial charge in [-0.15, -0.1) is 6.58 Å². The molecule has 152 valence electrons. The largest absolute Gasteiger partial charge is 0.390 e. The monoisotopic (exact) mass is 370 g/mol. The molecule has 0 radical (unpaired) electrons. The zero-order valence-corrected chi connectivity index (χ0v) is 17.3. The fraction of sp³-hybridized carbons (Fsp3) is 0.905. The smallest absolute Gasteiger partial charge is 0.184 e. The minimum absolute atomic E-state index is 0.0965. The number of rotatable bonds is 7. The predicted octanol–water partition coefficient (Wildman–Crippen LogP) is 3.75. The van der Waals surface area contributed by atoms with Crippen molar-refractivity contribution in [3.8, 4) is 0 Å². The summed E-state index contributed by atoms with van der Waals surface area (Å²) >= 11 is 0. The maximum Gasteiger partial charge on any atom is 0.184 e. The van der Waals surface area contributed by atoms with Crippen LogP contribution in [0.5, 0.6) is 0 Å². The van der Waals surface area contributed by atoms with Crippen molar-refractivity contribution in [2.45, 2.75) is 91.4 Å². The van der Waals surface area contributed by atoms with Crippen molar-refractivity contribution in [3.05, 3.63) is 12.7 Å². The Hall–Kier alpha value is -0.460. The highest BCUT2D eigenvalue weighted by atomic mass is 16.7. The highest BCUT2D eigenvalue weighted by molar-refractivity contribution is 4.89. The molecule has 0 aromatic rings. The van der Waals surface area contributed by atoms with Gasteiger partial charge in [-0.1, -0.05) is 47.6 Å². The van der Waals surface area contributed by atoms with Crippen LogP contribution in [0.2, 0.25) is 0 Å². The SMILES string of the molecule is C=CCO[C@H]1OC(CC)[C@@H](C)[C@H](C)C1O[C@@H]1OC(CC)[C@@H](O)[C@H](C)C1C. The second-order valence-corrected chi connectivity index (χ2v) is 8.05. The maximum absolute atomic E-state index is 10.4. The van der Waals surface area contributed by atoms with Crippen LogP contribution in [0.4, 0.5) is 0 Å². The number of aliphatic hydroxyl groups is 1. The Morgan fingerprint density at radius 1 is 0.885 bits per heavy atom. The van der Waals surface area contributed by atoms with Crippen molar-refractivity contribution in [3.63, 3.8) is 0 Å². The van der Waals surface area contributed by atoms with Crippen molar-refractivity contribution in [1.29, 1.82) is 0 Å². The van der Waals surface area contributed by atoms with Gasteiger partial charge in [0.2, 0.25) is 0 Å². The minimum Gasteiger partial charge on any atom is -0.390 e. The van der Waals surface area contributed by atoms with Crippen molar-refractivity contribution >= 4 is 0 Å². The standard InChI is InChI=1S/C21H38O5/c1-8-11-23-21-19(14(6)12(4)16(9-2)24-21)26-20-15(7)13(5)18(22)17(10-3)25-20/h8,12-22H,1,9-11H2,2-7H3/t12-,13+,14-,15?,16?,17?,18-,19?,20-,21-/m0/s1. The van der Waals surface area contributed by atoms with Crippen LogP contribution >= 0.6 is 0 Å². The minimum atomic E-state index is -0.453. The van der Waals surface area contributed by atoms with E-state index in [9.17, 15) is 5.11 Å². The number of hydrogen-bond acceptors (Lipinski definition) is 5. The summed E-state index contributed by atoms with van der Waals surface area (Å²) in [6, 6.07) is 0. The van der Waals surface area contributed by atoms with E-state index in [-0.39, 0.29) is 42.4 Å². The highest BCUT2D eigenvalue weighted by Gasteiger charge is 2.47. The summed E-state index contributed by atoms with van der Waals surface area (Å²) < 4.78 is 24.7. The second kappa shape index (κ2) is 9.65. The Balaban J connectivity index is 2.15. The molecule has 4 unspecified atom stereocenters. The van der Waals surface area contributed by atoms with Gasteiger partial charge in [-0.05, 0) is 30.6 Å². The lowest BCUT2D eigenvalue weighted by Crippen LogP contribution is -2.56. The molecule has 26 heavy (non-hydrogen) atoms. The third kappa shape index (κ3) is 4.50. The summed E-state index contributed by atoms with van der Waals surface area (Å²) in [5.41, 5.74) is 0. The molecule has 2 saturated heterocycles. The molecule has 0 amide bonds. The molecule has 2 fully saturated rings. The summed E-state index contributed by atoms with van der Waals surface area (Å²) in [5.74, 6) is 0.866. The van der Waals surface area contributed by atoms with Gasteiger partial charge in [0.05, 0.1) is 24.9 Å². The van der Waals surface area contributed by atoms with E-state index in [1.54, 1.807) is 6.08 Å². The molecule has 5 heteroatoms. The lowest BCUT2D eigenvalue weighted by Gasteiger charge is -2.48. The van der Waals surface area contributed by atoms with Crippen LogP contribution in [0.15, 0.2) is 12.7 Å². The van der Waals surface area contributed by atoms with Gasteiger partial charge in [-0.25, -0.2) is 0 Å². The molecule has 2 heterocycles. The van der Waals surface area contributed by atoms with Gasteiger partial charge >= 0.3 is 0 Å². The third-order valence-corrected chi connectivity index (χ3v) is 6.47. The molecule has 0 spiro atoms.